The fraction of sp³-hybridized carbons (Fsp3) is 1.00. The number of hydrogen-bond acceptors (Lipinski definition) is 4. The summed E-state index contributed by atoms with van der Waals surface area (Å²) in [5.41, 5.74) is 0.367. The number of hydrogen-bond donors (Lipinski definition) is 2. The molecule has 4 heteroatoms. The van der Waals surface area contributed by atoms with E-state index in [1.54, 1.807) is 0 Å². The second-order valence-corrected chi connectivity index (χ2v) is 7.71. The van der Waals surface area contributed by atoms with Crippen LogP contribution in [-0.4, -0.2) is 61.0 Å². The SMILES string of the molecule is CC(C)(C)NCC1(CN2CCCCC2CO)CCOC1. The monoisotopic (exact) mass is 284 g/mol. The van der Waals surface area contributed by atoms with Gasteiger partial charge in [-0.05, 0) is 46.6 Å². The molecule has 20 heavy (non-hydrogen) atoms. The van der Waals surface area contributed by atoms with Gasteiger partial charge in [0.25, 0.3) is 0 Å². The number of aliphatic hydroxyl groups excluding tert-OH is 1. The molecule has 0 aromatic heterocycles. The van der Waals surface area contributed by atoms with Gasteiger partial charge in [0.05, 0.1) is 13.2 Å². The molecule has 2 saturated heterocycles. The van der Waals surface area contributed by atoms with Crippen LogP contribution in [0, 0.1) is 5.41 Å². The first-order chi connectivity index (χ1) is 9.44. The van der Waals surface area contributed by atoms with Crippen LogP contribution < -0.4 is 5.32 Å². The second kappa shape index (κ2) is 6.73. The zero-order valence-corrected chi connectivity index (χ0v) is 13.5. The lowest BCUT2D eigenvalue weighted by Gasteiger charge is -2.41. The van der Waals surface area contributed by atoms with Crippen LogP contribution in [0.3, 0.4) is 0 Å². The van der Waals surface area contributed by atoms with Gasteiger partial charge in [0, 0.05) is 36.7 Å². The molecule has 0 aromatic rings. The Balaban J connectivity index is 1.97. The summed E-state index contributed by atoms with van der Waals surface area (Å²) in [6.45, 7) is 11.9. The minimum absolute atomic E-state index is 0.147. The van der Waals surface area contributed by atoms with Gasteiger partial charge < -0.3 is 15.2 Å². The van der Waals surface area contributed by atoms with Crippen molar-refractivity contribution in [2.75, 3.05) is 39.5 Å². The van der Waals surface area contributed by atoms with Crippen molar-refractivity contribution in [2.45, 2.75) is 58.0 Å². The lowest BCUT2D eigenvalue weighted by molar-refractivity contribution is 0.0379. The predicted molar refractivity (Wildman–Crippen MR) is 81.9 cm³/mol. The van der Waals surface area contributed by atoms with Crippen molar-refractivity contribution < 1.29 is 9.84 Å². The minimum Gasteiger partial charge on any atom is -0.395 e. The first kappa shape index (κ1) is 16.2. The molecule has 0 bridgehead atoms. The Bertz CT molecular complexity index is 295. The summed E-state index contributed by atoms with van der Waals surface area (Å²) in [6.07, 6.45) is 4.79. The first-order valence-electron chi connectivity index (χ1n) is 8.12. The molecule has 2 heterocycles. The van der Waals surface area contributed by atoms with Gasteiger partial charge in [0.15, 0.2) is 0 Å². The van der Waals surface area contributed by atoms with E-state index in [2.05, 4.69) is 31.0 Å². The molecule has 2 fully saturated rings. The molecule has 2 aliphatic rings. The maximum atomic E-state index is 9.59. The molecule has 0 spiro atoms. The number of nitrogens with zero attached hydrogens (tertiary/aromatic N) is 1. The molecule has 2 N–H and O–H groups in total. The molecule has 2 rings (SSSR count). The van der Waals surface area contributed by atoms with E-state index in [9.17, 15) is 5.11 Å². The Labute approximate surface area is 123 Å². The Morgan fingerprint density at radius 3 is 2.75 bits per heavy atom. The van der Waals surface area contributed by atoms with E-state index in [4.69, 9.17) is 4.74 Å². The highest BCUT2D eigenvalue weighted by Gasteiger charge is 2.39. The van der Waals surface area contributed by atoms with Crippen molar-refractivity contribution >= 4 is 0 Å². The Kier molecular flexibility index (Phi) is 5.46. The van der Waals surface area contributed by atoms with E-state index < -0.39 is 0 Å². The van der Waals surface area contributed by atoms with Gasteiger partial charge in [-0.1, -0.05) is 6.42 Å². The van der Waals surface area contributed by atoms with Crippen LogP contribution in [0.2, 0.25) is 0 Å². The average molecular weight is 284 g/mol. The largest absolute Gasteiger partial charge is 0.395 e. The van der Waals surface area contributed by atoms with Gasteiger partial charge in [0.1, 0.15) is 0 Å². The van der Waals surface area contributed by atoms with Crippen molar-refractivity contribution in [3.63, 3.8) is 0 Å². The molecule has 0 saturated carbocycles. The molecule has 4 nitrogen and oxygen atoms in total. The molecule has 0 amide bonds. The van der Waals surface area contributed by atoms with Gasteiger partial charge in [-0.25, -0.2) is 0 Å². The predicted octanol–water partition coefficient (Wildman–Crippen LogP) is 1.63. The summed E-state index contributed by atoms with van der Waals surface area (Å²) in [5.74, 6) is 0. The molecule has 0 aliphatic carbocycles. The molecular formula is C16H32N2O2. The van der Waals surface area contributed by atoms with Crippen molar-refractivity contribution in [1.82, 2.24) is 10.2 Å². The summed E-state index contributed by atoms with van der Waals surface area (Å²) in [5, 5.41) is 13.2. The molecule has 118 valence electrons. The summed E-state index contributed by atoms with van der Waals surface area (Å²) in [7, 11) is 0. The van der Waals surface area contributed by atoms with Gasteiger partial charge in [-0.3, -0.25) is 4.90 Å². The Morgan fingerprint density at radius 1 is 1.35 bits per heavy atom. The van der Waals surface area contributed by atoms with Crippen LogP contribution in [0.4, 0.5) is 0 Å². The van der Waals surface area contributed by atoms with Gasteiger partial charge in [-0.2, -0.15) is 0 Å². The number of likely N-dealkylation sites (tertiary alicyclic amines) is 1. The van der Waals surface area contributed by atoms with Crippen LogP contribution in [0.5, 0.6) is 0 Å². The van der Waals surface area contributed by atoms with Crippen LogP contribution in [-0.2, 0) is 4.74 Å². The van der Waals surface area contributed by atoms with Crippen molar-refractivity contribution in [1.29, 1.82) is 0 Å². The first-order valence-corrected chi connectivity index (χ1v) is 8.12. The fourth-order valence-corrected chi connectivity index (χ4v) is 3.33. The number of aliphatic hydroxyl groups is 1. The third-order valence-corrected chi connectivity index (χ3v) is 4.68. The minimum atomic E-state index is 0.147. The standard InChI is InChI=1S/C16H32N2O2/c1-15(2,3)17-11-16(7-9-20-13-16)12-18-8-5-4-6-14(18)10-19/h14,17,19H,4-13H2,1-3H3. The maximum Gasteiger partial charge on any atom is 0.0586 e. The van der Waals surface area contributed by atoms with Crippen molar-refractivity contribution in [2.24, 2.45) is 5.41 Å². The van der Waals surface area contributed by atoms with Crippen LogP contribution in [0.25, 0.3) is 0 Å². The van der Waals surface area contributed by atoms with E-state index in [1.807, 2.05) is 0 Å². The average Bonchev–Trinajstić information content (AvgIpc) is 2.86. The van der Waals surface area contributed by atoms with E-state index in [-0.39, 0.29) is 11.0 Å². The smallest absolute Gasteiger partial charge is 0.0586 e. The van der Waals surface area contributed by atoms with Crippen molar-refractivity contribution in [3.8, 4) is 0 Å². The fourth-order valence-electron chi connectivity index (χ4n) is 3.33. The van der Waals surface area contributed by atoms with E-state index in [0.717, 1.165) is 45.7 Å². The van der Waals surface area contributed by atoms with Crippen molar-refractivity contribution in [3.05, 3.63) is 0 Å². The maximum absolute atomic E-state index is 9.59. The molecule has 2 aliphatic heterocycles. The van der Waals surface area contributed by atoms with Crippen LogP contribution >= 0.6 is 0 Å². The molecule has 0 aromatic carbocycles. The van der Waals surface area contributed by atoms with Gasteiger partial charge in [-0.15, -0.1) is 0 Å². The lowest BCUT2D eigenvalue weighted by Crippen LogP contribution is -2.53. The van der Waals surface area contributed by atoms with Gasteiger partial charge in [0.2, 0.25) is 0 Å². The summed E-state index contributed by atoms with van der Waals surface area (Å²) >= 11 is 0. The highest BCUT2D eigenvalue weighted by Crippen LogP contribution is 2.32. The highest BCUT2D eigenvalue weighted by atomic mass is 16.5. The lowest BCUT2D eigenvalue weighted by atomic mass is 9.84. The molecule has 0 radical (unpaired) electrons. The van der Waals surface area contributed by atoms with E-state index >= 15 is 0 Å². The molecule has 2 unspecified atom stereocenters. The number of ether oxygens (including phenoxy) is 1. The Hall–Kier alpha value is -0.160. The molecule has 2 atom stereocenters. The topological polar surface area (TPSA) is 44.7 Å². The summed E-state index contributed by atoms with van der Waals surface area (Å²) in [4.78, 5) is 2.50. The summed E-state index contributed by atoms with van der Waals surface area (Å²) < 4.78 is 5.71. The molecular weight excluding hydrogens is 252 g/mol. The Morgan fingerprint density at radius 2 is 2.15 bits per heavy atom. The van der Waals surface area contributed by atoms with Crippen LogP contribution in [0.15, 0.2) is 0 Å². The van der Waals surface area contributed by atoms with Gasteiger partial charge >= 0.3 is 0 Å². The van der Waals surface area contributed by atoms with E-state index in [0.29, 0.717) is 12.6 Å². The zero-order valence-electron chi connectivity index (χ0n) is 13.5. The number of piperidine rings is 1. The third kappa shape index (κ3) is 4.42. The third-order valence-electron chi connectivity index (χ3n) is 4.68. The second-order valence-electron chi connectivity index (χ2n) is 7.71. The normalized spacial score (nSPS) is 32.7. The van der Waals surface area contributed by atoms with Crippen LogP contribution in [0.1, 0.15) is 46.5 Å². The van der Waals surface area contributed by atoms with E-state index in [1.165, 1.54) is 12.8 Å². The number of rotatable bonds is 5. The quantitative estimate of drug-likeness (QED) is 0.805. The zero-order chi connectivity index (χ0) is 14.6. The summed E-state index contributed by atoms with van der Waals surface area (Å²) in [6, 6.07) is 0.357. The highest BCUT2D eigenvalue weighted by molar-refractivity contribution is 4.92. The number of nitrogens with one attached hydrogen (secondary N) is 1.